The Morgan fingerprint density at radius 3 is 2.42 bits per heavy atom. The van der Waals surface area contributed by atoms with E-state index in [1.165, 1.54) is 16.6 Å². The van der Waals surface area contributed by atoms with Crippen molar-refractivity contribution in [2.45, 2.75) is 6.92 Å². The predicted molar refractivity (Wildman–Crippen MR) is 98.6 cm³/mol. The maximum atomic E-state index is 5.50. The highest BCUT2D eigenvalue weighted by Gasteiger charge is 2.16. The van der Waals surface area contributed by atoms with E-state index >= 15 is 0 Å². The third-order valence-corrected chi connectivity index (χ3v) is 4.39. The number of anilines is 1. The summed E-state index contributed by atoms with van der Waals surface area (Å²) in [6.07, 6.45) is 0. The molecule has 1 aromatic heterocycles. The van der Waals surface area contributed by atoms with E-state index in [0.29, 0.717) is 0 Å². The fourth-order valence-corrected chi connectivity index (χ4v) is 3.10. The van der Waals surface area contributed by atoms with Crippen LogP contribution >= 0.6 is 0 Å². The largest absolute Gasteiger partial charge is 0.412 e. The Bertz CT molecular complexity index is 825. The Morgan fingerprint density at radius 1 is 0.958 bits per heavy atom. The first-order valence-electron chi connectivity index (χ1n) is 8.11. The molecule has 0 radical (unpaired) electrons. The van der Waals surface area contributed by atoms with Gasteiger partial charge in [-0.1, -0.05) is 48.0 Å². The second-order valence-electron chi connectivity index (χ2n) is 6.01. The molecular formula is C20H22N2O2. The van der Waals surface area contributed by atoms with E-state index in [1.54, 1.807) is 0 Å². The number of hydrogen-bond donors (Lipinski definition) is 0. The first kappa shape index (κ1) is 16.4. The van der Waals surface area contributed by atoms with Gasteiger partial charge in [0, 0.05) is 29.7 Å². The molecule has 1 aliphatic rings. The lowest BCUT2D eigenvalue weighted by molar-refractivity contribution is 0.123. The third kappa shape index (κ3) is 3.11. The zero-order valence-corrected chi connectivity index (χ0v) is 13.8. The summed E-state index contributed by atoms with van der Waals surface area (Å²) in [6, 6.07) is 19.2. The molecule has 24 heavy (non-hydrogen) atoms. The van der Waals surface area contributed by atoms with Crippen molar-refractivity contribution in [3.8, 4) is 11.3 Å². The summed E-state index contributed by atoms with van der Waals surface area (Å²) in [4.78, 5) is 7.28. The Kier molecular flexibility index (Phi) is 4.79. The number of aromatic nitrogens is 1. The molecule has 2 N–H and O–H groups in total. The number of para-hydroxylation sites is 1. The summed E-state index contributed by atoms with van der Waals surface area (Å²) in [6.45, 7) is 5.55. The molecule has 0 saturated carbocycles. The maximum absolute atomic E-state index is 5.50. The molecule has 0 atom stereocenters. The van der Waals surface area contributed by atoms with Crippen molar-refractivity contribution in [2.75, 3.05) is 31.2 Å². The van der Waals surface area contributed by atoms with Gasteiger partial charge in [0.15, 0.2) is 0 Å². The maximum Gasteiger partial charge on any atom is 0.0730 e. The van der Waals surface area contributed by atoms with Gasteiger partial charge in [0.25, 0.3) is 0 Å². The van der Waals surface area contributed by atoms with E-state index in [-0.39, 0.29) is 5.48 Å². The van der Waals surface area contributed by atoms with Gasteiger partial charge in [-0.15, -0.1) is 0 Å². The minimum absolute atomic E-state index is 0. The quantitative estimate of drug-likeness (QED) is 0.728. The summed E-state index contributed by atoms with van der Waals surface area (Å²) in [5.74, 6) is 0. The number of nitrogens with zero attached hydrogens (tertiary/aromatic N) is 2. The monoisotopic (exact) mass is 322 g/mol. The fourth-order valence-electron chi connectivity index (χ4n) is 3.10. The molecule has 1 saturated heterocycles. The van der Waals surface area contributed by atoms with Crippen molar-refractivity contribution in [2.24, 2.45) is 0 Å². The van der Waals surface area contributed by atoms with E-state index in [4.69, 9.17) is 9.72 Å². The molecule has 2 aromatic carbocycles. The van der Waals surface area contributed by atoms with E-state index in [0.717, 1.165) is 43.1 Å². The number of pyridine rings is 1. The Hall–Kier alpha value is -2.43. The topological polar surface area (TPSA) is 56.9 Å². The Balaban J connectivity index is 0.00000169. The van der Waals surface area contributed by atoms with Gasteiger partial charge in [-0.2, -0.15) is 0 Å². The SMILES string of the molecule is Cc1ccc(-c2cc(N3CCOCC3)c3ccccc3n2)cc1.O. The van der Waals surface area contributed by atoms with Crippen LogP contribution in [0.5, 0.6) is 0 Å². The van der Waals surface area contributed by atoms with Crippen LogP contribution < -0.4 is 4.90 Å². The van der Waals surface area contributed by atoms with Gasteiger partial charge in [-0.25, -0.2) is 4.98 Å². The number of rotatable bonds is 2. The van der Waals surface area contributed by atoms with Crippen LogP contribution in [0, 0.1) is 6.92 Å². The van der Waals surface area contributed by atoms with Crippen molar-refractivity contribution in [3.05, 3.63) is 60.2 Å². The van der Waals surface area contributed by atoms with Gasteiger partial charge in [0.1, 0.15) is 0 Å². The summed E-state index contributed by atoms with van der Waals surface area (Å²) >= 11 is 0. The highest BCUT2D eigenvalue weighted by Crippen LogP contribution is 2.31. The highest BCUT2D eigenvalue weighted by molar-refractivity contribution is 5.94. The van der Waals surface area contributed by atoms with Crippen LogP contribution in [0.1, 0.15) is 5.56 Å². The van der Waals surface area contributed by atoms with E-state index in [1.807, 2.05) is 0 Å². The van der Waals surface area contributed by atoms with Gasteiger partial charge in [0.05, 0.1) is 24.4 Å². The van der Waals surface area contributed by atoms with Crippen LogP contribution in [0.4, 0.5) is 5.69 Å². The second-order valence-corrected chi connectivity index (χ2v) is 6.01. The minimum atomic E-state index is 0. The third-order valence-electron chi connectivity index (χ3n) is 4.39. The molecule has 4 heteroatoms. The molecular weight excluding hydrogens is 300 g/mol. The van der Waals surface area contributed by atoms with Gasteiger partial charge in [-0.3, -0.25) is 0 Å². The lowest BCUT2D eigenvalue weighted by atomic mass is 10.1. The average Bonchev–Trinajstić information content (AvgIpc) is 2.62. The molecule has 124 valence electrons. The van der Waals surface area contributed by atoms with Gasteiger partial charge >= 0.3 is 0 Å². The highest BCUT2D eigenvalue weighted by atomic mass is 16.5. The molecule has 1 aliphatic heterocycles. The van der Waals surface area contributed by atoms with Crippen molar-refractivity contribution in [1.82, 2.24) is 4.98 Å². The first-order chi connectivity index (χ1) is 11.3. The molecule has 0 unspecified atom stereocenters. The predicted octanol–water partition coefficient (Wildman–Crippen LogP) is 3.22. The summed E-state index contributed by atoms with van der Waals surface area (Å²) < 4.78 is 5.50. The number of fused-ring (bicyclic) bond motifs is 1. The van der Waals surface area contributed by atoms with Crippen LogP contribution in [-0.2, 0) is 4.74 Å². The van der Waals surface area contributed by atoms with Crippen LogP contribution in [0.15, 0.2) is 54.6 Å². The fraction of sp³-hybridized carbons (Fsp3) is 0.250. The van der Waals surface area contributed by atoms with E-state index in [9.17, 15) is 0 Å². The van der Waals surface area contributed by atoms with Crippen molar-refractivity contribution in [1.29, 1.82) is 0 Å². The zero-order valence-electron chi connectivity index (χ0n) is 13.8. The lowest BCUT2D eigenvalue weighted by Gasteiger charge is -2.30. The Labute approximate surface area is 142 Å². The summed E-state index contributed by atoms with van der Waals surface area (Å²) in [7, 11) is 0. The van der Waals surface area contributed by atoms with Gasteiger partial charge in [-0.05, 0) is 19.1 Å². The lowest BCUT2D eigenvalue weighted by Crippen LogP contribution is -2.36. The summed E-state index contributed by atoms with van der Waals surface area (Å²) in [5.41, 5.74) is 5.77. The van der Waals surface area contributed by atoms with Crippen LogP contribution in [0.3, 0.4) is 0 Å². The van der Waals surface area contributed by atoms with Crippen LogP contribution in [0.2, 0.25) is 0 Å². The van der Waals surface area contributed by atoms with Crippen molar-refractivity contribution in [3.63, 3.8) is 0 Å². The second kappa shape index (κ2) is 6.99. The van der Waals surface area contributed by atoms with Crippen LogP contribution in [0.25, 0.3) is 22.2 Å². The van der Waals surface area contributed by atoms with E-state index < -0.39 is 0 Å². The minimum Gasteiger partial charge on any atom is -0.412 e. The first-order valence-corrected chi connectivity index (χ1v) is 8.11. The number of hydrogen-bond acceptors (Lipinski definition) is 3. The number of morpholine rings is 1. The van der Waals surface area contributed by atoms with Gasteiger partial charge < -0.3 is 15.1 Å². The molecule has 4 nitrogen and oxygen atoms in total. The molecule has 2 heterocycles. The zero-order chi connectivity index (χ0) is 15.6. The standard InChI is InChI=1S/C20H20N2O.H2O/c1-15-6-8-16(9-7-15)19-14-20(22-10-12-23-13-11-22)17-4-2-3-5-18(17)21-19;/h2-9,14H,10-13H2,1H3;1H2. The Morgan fingerprint density at radius 2 is 1.67 bits per heavy atom. The number of ether oxygens (including phenoxy) is 1. The average molecular weight is 322 g/mol. The van der Waals surface area contributed by atoms with Crippen LogP contribution in [-0.4, -0.2) is 36.8 Å². The molecule has 0 amide bonds. The number of aryl methyl sites for hydroxylation is 1. The van der Waals surface area contributed by atoms with Crippen molar-refractivity contribution >= 4 is 16.6 Å². The molecule has 3 aromatic rings. The smallest absolute Gasteiger partial charge is 0.0730 e. The molecule has 4 rings (SSSR count). The van der Waals surface area contributed by atoms with Gasteiger partial charge in [0.2, 0.25) is 0 Å². The van der Waals surface area contributed by atoms with E-state index in [2.05, 4.69) is 66.4 Å². The molecule has 0 spiro atoms. The molecule has 1 fully saturated rings. The molecule has 0 aliphatic carbocycles. The molecule has 0 bridgehead atoms. The van der Waals surface area contributed by atoms with Crippen molar-refractivity contribution < 1.29 is 10.2 Å². The normalized spacial score (nSPS) is 14.5. The number of benzene rings is 2. The summed E-state index contributed by atoms with van der Waals surface area (Å²) in [5, 5.41) is 1.21.